The lowest BCUT2D eigenvalue weighted by atomic mass is 10.0. The molecule has 0 aromatic carbocycles. The van der Waals surface area contributed by atoms with Crippen LogP contribution in [0.15, 0.2) is 18.5 Å². The summed E-state index contributed by atoms with van der Waals surface area (Å²) in [5, 5.41) is 0. The van der Waals surface area contributed by atoms with Crippen molar-refractivity contribution in [3.05, 3.63) is 29.6 Å². The van der Waals surface area contributed by atoms with Gasteiger partial charge >= 0.3 is 0 Å². The second-order valence-corrected chi connectivity index (χ2v) is 9.95. The highest BCUT2D eigenvalue weighted by molar-refractivity contribution is 5.15. The van der Waals surface area contributed by atoms with Crippen LogP contribution in [-0.2, 0) is 19.4 Å². The van der Waals surface area contributed by atoms with E-state index in [1.54, 1.807) is 11.1 Å². The molecule has 0 saturated heterocycles. The van der Waals surface area contributed by atoms with Crippen molar-refractivity contribution in [1.82, 2.24) is 0 Å². The van der Waals surface area contributed by atoms with Gasteiger partial charge in [0.25, 0.3) is 0 Å². The van der Waals surface area contributed by atoms with Crippen LogP contribution in [0.5, 0.6) is 0 Å². The summed E-state index contributed by atoms with van der Waals surface area (Å²) in [6.07, 6.45) is 34.0. The van der Waals surface area contributed by atoms with Crippen molar-refractivity contribution in [2.24, 2.45) is 0 Å². The summed E-state index contributed by atoms with van der Waals surface area (Å²) in [6.45, 7) is 8.12. The molecule has 1 heteroatoms. The van der Waals surface area contributed by atoms with E-state index in [1.807, 2.05) is 0 Å². The minimum absolute atomic E-state index is 1.21. The van der Waals surface area contributed by atoms with Crippen LogP contribution >= 0.6 is 0 Å². The maximum atomic E-state index is 2.53. The smallest absolute Gasteiger partial charge is 0.171 e. The van der Waals surface area contributed by atoms with E-state index < -0.39 is 0 Å². The fraction of sp³-hybridized carbons (Fsp3) is 0.833. The highest BCUT2D eigenvalue weighted by Gasteiger charge is 2.08. The Bertz CT molecular complexity index is 473. The third-order valence-corrected chi connectivity index (χ3v) is 6.69. The second kappa shape index (κ2) is 21.0. The summed E-state index contributed by atoms with van der Waals surface area (Å²) in [5.74, 6) is 0. The van der Waals surface area contributed by atoms with Gasteiger partial charge in [-0.05, 0) is 38.2 Å². The van der Waals surface area contributed by atoms with Gasteiger partial charge in [-0.2, -0.15) is 0 Å². The standard InChI is InChI=1S/C30H56N/c1-4-7-10-13-16-19-22-25-31-27-29(23-20-17-14-11-8-5-2)26-30(28-31)24-21-18-15-12-9-6-3/h26-28H,4-25H2,1-3H3/q+1. The number of rotatable bonds is 22. The monoisotopic (exact) mass is 430 g/mol. The Labute approximate surface area is 196 Å². The maximum Gasteiger partial charge on any atom is 0.171 e. The highest BCUT2D eigenvalue weighted by atomic mass is 14.9. The summed E-state index contributed by atoms with van der Waals surface area (Å²) in [5.41, 5.74) is 3.17. The van der Waals surface area contributed by atoms with Crippen molar-refractivity contribution in [2.75, 3.05) is 0 Å². The van der Waals surface area contributed by atoms with Gasteiger partial charge in [-0.25, -0.2) is 4.57 Å². The predicted octanol–water partition coefficient (Wildman–Crippen LogP) is 9.53. The number of aryl methyl sites for hydroxylation is 3. The van der Waals surface area contributed by atoms with Crippen LogP contribution < -0.4 is 4.57 Å². The van der Waals surface area contributed by atoms with E-state index in [4.69, 9.17) is 0 Å². The van der Waals surface area contributed by atoms with E-state index in [9.17, 15) is 0 Å². The van der Waals surface area contributed by atoms with Crippen LogP contribution in [0.3, 0.4) is 0 Å². The molecule has 0 atom stereocenters. The summed E-state index contributed by atoms with van der Waals surface area (Å²) in [7, 11) is 0. The molecule has 1 aromatic heterocycles. The molecule has 0 aliphatic rings. The maximum absolute atomic E-state index is 2.53. The third kappa shape index (κ3) is 16.4. The van der Waals surface area contributed by atoms with E-state index in [1.165, 1.54) is 141 Å². The Balaban J connectivity index is 2.46. The molecule has 0 bridgehead atoms. The summed E-state index contributed by atoms with van der Waals surface area (Å²) < 4.78 is 2.53. The van der Waals surface area contributed by atoms with Crippen LogP contribution in [0, 0.1) is 0 Å². The molecule has 0 amide bonds. The molecule has 0 N–H and O–H groups in total. The Morgan fingerprint density at radius 1 is 0.452 bits per heavy atom. The minimum Gasteiger partial charge on any atom is -0.205 e. The van der Waals surface area contributed by atoms with Gasteiger partial charge in [-0.1, -0.05) is 117 Å². The predicted molar refractivity (Wildman–Crippen MR) is 139 cm³/mol. The fourth-order valence-corrected chi connectivity index (χ4v) is 4.65. The normalized spacial score (nSPS) is 11.3. The molecule has 0 aliphatic heterocycles. The summed E-state index contributed by atoms with van der Waals surface area (Å²) in [6, 6.07) is 2.53. The quantitative estimate of drug-likeness (QED) is 0.127. The van der Waals surface area contributed by atoms with Crippen molar-refractivity contribution in [1.29, 1.82) is 0 Å². The number of unbranched alkanes of at least 4 members (excludes halogenated alkanes) is 16. The van der Waals surface area contributed by atoms with Gasteiger partial charge in [0.2, 0.25) is 0 Å². The lowest BCUT2D eigenvalue weighted by Gasteiger charge is -2.07. The van der Waals surface area contributed by atoms with Crippen LogP contribution in [0.4, 0.5) is 0 Å². The number of hydrogen-bond donors (Lipinski definition) is 0. The van der Waals surface area contributed by atoms with Crippen molar-refractivity contribution in [3.63, 3.8) is 0 Å². The Hall–Kier alpha value is -0.850. The molecule has 1 rings (SSSR count). The van der Waals surface area contributed by atoms with Crippen LogP contribution in [0.2, 0.25) is 0 Å². The molecule has 0 unspecified atom stereocenters. The first-order valence-electron chi connectivity index (χ1n) is 14.3. The van der Waals surface area contributed by atoms with Gasteiger partial charge in [0.1, 0.15) is 6.54 Å². The van der Waals surface area contributed by atoms with E-state index in [-0.39, 0.29) is 0 Å². The van der Waals surface area contributed by atoms with Gasteiger partial charge in [-0.3, -0.25) is 0 Å². The molecule has 1 nitrogen and oxygen atoms in total. The van der Waals surface area contributed by atoms with Gasteiger partial charge in [-0.15, -0.1) is 0 Å². The van der Waals surface area contributed by atoms with E-state index >= 15 is 0 Å². The lowest BCUT2D eigenvalue weighted by molar-refractivity contribution is -0.698. The molecular formula is C30H56N+. The average molecular weight is 431 g/mol. The van der Waals surface area contributed by atoms with Crippen molar-refractivity contribution >= 4 is 0 Å². The zero-order chi connectivity index (χ0) is 22.4. The summed E-state index contributed by atoms with van der Waals surface area (Å²) >= 11 is 0. The average Bonchev–Trinajstić information content (AvgIpc) is 2.78. The first kappa shape index (κ1) is 28.2. The largest absolute Gasteiger partial charge is 0.205 e. The number of nitrogens with zero attached hydrogens (tertiary/aromatic N) is 1. The molecule has 0 aliphatic carbocycles. The molecule has 0 fully saturated rings. The fourth-order valence-electron chi connectivity index (χ4n) is 4.65. The topological polar surface area (TPSA) is 3.88 Å². The summed E-state index contributed by atoms with van der Waals surface area (Å²) in [4.78, 5) is 0. The van der Waals surface area contributed by atoms with Crippen molar-refractivity contribution in [3.8, 4) is 0 Å². The molecule has 0 spiro atoms. The van der Waals surface area contributed by atoms with Gasteiger partial charge in [0.05, 0.1) is 0 Å². The van der Waals surface area contributed by atoms with Gasteiger partial charge in [0.15, 0.2) is 12.4 Å². The first-order chi connectivity index (χ1) is 15.3. The molecule has 0 radical (unpaired) electrons. The van der Waals surface area contributed by atoms with Crippen LogP contribution in [-0.4, -0.2) is 0 Å². The number of aromatic nitrogens is 1. The second-order valence-electron chi connectivity index (χ2n) is 9.95. The Morgan fingerprint density at radius 2 is 0.806 bits per heavy atom. The van der Waals surface area contributed by atoms with Gasteiger partial charge < -0.3 is 0 Å². The molecule has 1 heterocycles. The zero-order valence-corrected chi connectivity index (χ0v) is 21.7. The lowest BCUT2D eigenvalue weighted by Crippen LogP contribution is -2.34. The number of pyridine rings is 1. The van der Waals surface area contributed by atoms with Crippen LogP contribution in [0.25, 0.3) is 0 Å². The van der Waals surface area contributed by atoms with E-state index in [0.717, 1.165) is 0 Å². The van der Waals surface area contributed by atoms with Crippen molar-refractivity contribution < 1.29 is 4.57 Å². The van der Waals surface area contributed by atoms with Gasteiger partial charge in [0, 0.05) is 17.5 Å². The third-order valence-electron chi connectivity index (χ3n) is 6.69. The SMILES string of the molecule is CCCCCCCCC[n+]1cc(CCCCCCCC)cc(CCCCCCCC)c1. The Kier molecular flexibility index (Phi) is 19.1. The number of hydrogen-bond acceptors (Lipinski definition) is 0. The highest BCUT2D eigenvalue weighted by Crippen LogP contribution is 2.14. The first-order valence-corrected chi connectivity index (χ1v) is 14.3. The van der Waals surface area contributed by atoms with Crippen LogP contribution in [0.1, 0.15) is 154 Å². The van der Waals surface area contributed by atoms with Crippen molar-refractivity contribution in [2.45, 2.75) is 162 Å². The molecule has 31 heavy (non-hydrogen) atoms. The van der Waals surface area contributed by atoms with E-state index in [0.29, 0.717) is 0 Å². The molecule has 1 aromatic rings. The molecule has 0 saturated carbocycles. The van der Waals surface area contributed by atoms with E-state index in [2.05, 4.69) is 43.8 Å². The zero-order valence-electron chi connectivity index (χ0n) is 21.7. The molecule has 180 valence electrons. The molecular weight excluding hydrogens is 374 g/mol. The minimum atomic E-state index is 1.21. The Morgan fingerprint density at radius 3 is 1.23 bits per heavy atom.